The maximum absolute atomic E-state index is 12.7. The highest BCUT2D eigenvalue weighted by Gasteiger charge is 2.51. The Kier molecular flexibility index (Phi) is 4.30. The summed E-state index contributed by atoms with van der Waals surface area (Å²) in [5, 5.41) is 3.11. The van der Waals surface area contributed by atoms with Gasteiger partial charge in [-0.25, -0.2) is 0 Å². The molecule has 7 nitrogen and oxygen atoms in total. The summed E-state index contributed by atoms with van der Waals surface area (Å²) in [5.41, 5.74) is 15.3. The van der Waals surface area contributed by atoms with E-state index in [0.29, 0.717) is 24.7 Å². The quantitative estimate of drug-likeness (QED) is 0.426. The van der Waals surface area contributed by atoms with Gasteiger partial charge in [0.25, 0.3) is 5.91 Å². The minimum Gasteiger partial charge on any atom is -0.489 e. The van der Waals surface area contributed by atoms with Gasteiger partial charge in [0.2, 0.25) is 0 Å². The molecule has 3 heterocycles. The lowest BCUT2D eigenvalue weighted by Gasteiger charge is -2.23. The molecule has 3 aromatic rings. The molecule has 7 heteroatoms. The van der Waals surface area contributed by atoms with Crippen molar-refractivity contribution in [2.24, 2.45) is 0 Å². The first-order chi connectivity index (χ1) is 15.6. The molecule has 1 saturated carbocycles. The van der Waals surface area contributed by atoms with E-state index in [1.807, 2.05) is 24.4 Å². The van der Waals surface area contributed by atoms with Gasteiger partial charge in [-0.15, -0.1) is 0 Å². The highest BCUT2D eigenvalue weighted by Crippen LogP contribution is 2.52. The van der Waals surface area contributed by atoms with E-state index < -0.39 is 0 Å². The molecular weight excluding hydrogens is 404 g/mol. The summed E-state index contributed by atoms with van der Waals surface area (Å²) in [6, 6.07) is 7.87. The molecule has 6 rings (SSSR count). The van der Waals surface area contributed by atoms with Crippen LogP contribution in [0.3, 0.4) is 0 Å². The maximum atomic E-state index is 12.7. The lowest BCUT2D eigenvalue weighted by molar-refractivity contribution is 0.0936. The number of H-pyrrole nitrogens is 1. The Morgan fingerprint density at radius 2 is 2.06 bits per heavy atom. The first-order valence-corrected chi connectivity index (χ1v) is 11.1. The topological polar surface area (TPSA) is 102 Å². The molecule has 4 N–H and O–H groups in total. The number of nitrogens with two attached hydrogens (primary N) is 1. The number of carbonyl (C=O) groups excluding carboxylic acids is 1. The second kappa shape index (κ2) is 7.10. The summed E-state index contributed by atoms with van der Waals surface area (Å²) in [5.74, 6) is 0.702. The number of amides is 1. The molecule has 3 aliphatic rings. The first-order valence-electron chi connectivity index (χ1n) is 11.1. The van der Waals surface area contributed by atoms with E-state index in [4.69, 9.17) is 20.2 Å². The Labute approximate surface area is 186 Å². The van der Waals surface area contributed by atoms with Gasteiger partial charge in [0.15, 0.2) is 0 Å². The molecule has 0 atom stereocenters. The second-order valence-electron chi connectivity index (χ2n) is 9.01. The summed E-state index contributed by atoms with van der Waals surface area (Å²) < 4.78 is 10.7. The summed E-state index contributed by atoms with van der Waals surface area (Å²) in [7, 11) is 1.64. The van der Waals surface area contributed by atoms with Gasteiger partial charge >= 0.3 is 0 Å². The SMILES string of the molecule is COCCOc1ccc(-c2cc3c(cn2)CCc2c-3[nH]c3c2C(=O)NCC32CC2)cc1N. The Balaban J connectivity index is 1.39. The fourth-order valence-electron chi connectivity index (χ4n) is 5.08. The van der Waals surface area contributed by atoms with Crippen molar-refractivity contribution < 1.29 is 14.3 Å². The van der Waals surface area contributed by atoms with Crippen molar-refractivity contribution in [1.82, 2.24) is 15.3 Å². The number of aromatic nitrogens is 2. The molecule has 0 saturated heterocycles. The van der Waals surface area contributed by atoms with Gasteiger partial charge in [-0.3, -0.25) is 9.78 Å². The van der Waals surface area contributed by atoms with Crippen LogP contribution in [-0.4, -0.2) is 42.7 Å². The van der Waals surface area contributed by atoms with Gasteiger partial charge in [0.1, 0.15) is 12.4 Å². The number of nitrogens with one attached hydrogen (secondary N) is 2. The molecule has 0 radical (unpaired) electrons. The van der Waals surface area contributed by atoms with Crippen LogP contribution in [0.5, 0.6) is 5.75 Å². The standard InChI is InChI=1S/C25H26N4O3/c1-31-8-9-32-20-5-3-14(10-18(20)26)19-11-17-15(12-27-19)2-4-16-21-23(29-22(16)17)25(6-7-25)13-28-24(21)30/h3,5,10-12,29H,2,4,6-9,13,26H2,1H3,(H,28,30). The molecule has 1 fully saturated rings. The van der Waals surface area contributed by atoms with E-state index in [0.717, 1.165) is 71.6 Å². The number of anilines is 1. The normalized spacial score (nSPS) is 17.3. The minimum absolute atomic E-state index is 0.0598. The van der Waals surface area contributed by atoms with Gasteiger partial charge in [0, 0.05) is 42.1 Å². The van der Waals surface area contributed by atoms with Crippen LogP contribution in [0.4, 0.5) is 5.69 Å². The summed E-state index contributed by atoms with van der Waals surface area (Å²) in [6.07, 6.45) is 5.96. The Morgan fingerprint density at radius 3 is 2.84 bits per heavy atom. The molecule has 2 aliphatic carbocycles. The van der Waals surface area contributed by atoms with E-state index >= 15 is 0 Å². The Hall–Kier alpha value is -3.32. The Bertz CT molecular complexity index is 1240. The number of aromatic amines is 1. The van der Waals surface area contributed by atoms with Crippen LogP contribution in [0, 0.1) is 0 Å². The van der Waals surface area contributed by atoms with E-state index in [1.54, 1.807) is 7.11 Å². The van der Waals surface area contributed by atoms with Gasteiger partial charge in [-0.2, -0.15) is 0 Å². The highest BCUT2D eigenvalue weighted by molar-refractivity contribution is 6.01. The van der Waals surface area contributed by atoms with Crippen molar-refractivity contribution in [3.63, 3.8) is 0 Å². The summed E-state index contributed by atoms with van der Waals surface area (Å²) >= 11 is 0. The predicted molar refractivity (Wildman–Crippen MR) is 122 cm³/mol. The summed E-state index contributed by atoms with van der Waals surface area (Å²) in [6.45, 7) is 1.70. The maximum Gasteiger partial charge on any atom is 0.253 e. The number of hydrogen-bond donors (Lipinski definition) is 3. The summed E-state index contributed by atoms with van der Waals surface area (Å²) in [4.78, 5) is 21.1. The fraction of sp³-hybridized carbons (Fsp3) is 0.360. The van der Waals surface area contributed by atoms with E-state index in [9.17, 15) is 4.79 Å². The van der Waals surface area contributed by atoms with Crippen molar-refractivity contribution in [3.05, 3.63) is 52.8 Å². The van der Waals surface area contributed by atoms with Crippen LogP contribution in [0.1, 0.15) is 40.0 Å². The number of fused-ring (bicyclic) bond motifs is 6. The van der Waals surface area contributed by atoms with Crippen LogP contribution in [0.25, 0.3) is 22.5 Å². The van der Waals surface area contributed by atoms with Gasteiger partial charge in [-0.1, -0.05) is 0 Å². The van der Waals surface area contributed by atoms with E-state index in [1.165, 1.54) is 5.56 Å². The molecule has 1 spiro atoms. The third kappa shape index (κ3) is 2.92. The van der Waals surface area contributed by atoms with Crippen molar-refractivity contribution in [1.29, 1.82) is 0 Å². The zero-order valence-electron chi connectivity index (χ0n) is 18.1. The van der Waals surface area contributed by atoms with Crippen molar-refractivity contribution in [2.45, 2.75) is 31.1 Å². The molecule has 1 aromatic carbocycles. The number of ether oxygens (including phenoxy) is 2. The van der Waals surface area contributed by atoms with Crippen molar-refractivity contribution in [2.75, 3.05) is 32.6 Å². The predicted octanol–water partition coefficient (Wildman–Crippen LogP) is 3.22. The van der Waals surface area contributed by atoms with Crippen LogP contribution in [0.15, 0.2) is 30.5 Å². The molecule has 2 aromatic heterocycles. The lowest BCUT2D eigenvalue weighted by atomic mass is 9.86. The average Bonchev–Trinajstić information content (AvgIpc) is 3.47. The molecule has 1 amide bonds. The van der Waals surface area contributed by atoms with Gasteiger partial charge in [0.05, 0.1) is 29.2 Å². The molecular formula is C25H26N4O3. The molecule has 0 bridgehead atoms. The second-order valence-corrected chi connectivity index (χ2v) is 9.01. The number of rotatable bonds is 5. The van der Waals surface area contributed by atoms with Crippen LogP contribution < -0.4 is 15.8 Å². The number of nitrogens with zero attached hydrogens (tertiary/aromatic N) is 1. The number of hydrogen-bond acceptors (Lipinski definition) is 5. The van der Waals surface area contributed by atoms with Crippen LogP contribution in [0.2, 0.25) is 0 Å². The van der Waals surface area contributed by atoms with Gasteiger partial charge in [-0.05, 0) is 61.1 Å². The number of nitrogen functional groups attached to an aromatic ring is 1. The third-order valence-electron chi connectivity index (χ3n) is 7.05. The first kappa shape index (κ1) is 19.4. The van der Waals surface area contributed by atoms with Crippen LogP contribution in [-0.2, 0) is 23.0 Å². The monoisotopic (exact) mass is 430 g/mol. The van der Waals surface area contributed by atoms with E-state index in [-0.39, 0.29) is 11.3 Å². The fourth-order valence-corrected chi connectivity index (χ4v) is 5.08. The zero-order chi connectivity index (χ0) is 21.9. The highest BCUT2D eigenvalue weighted by atomic mass is 16.5. The Morgan fingerprint density at radius 1 is 1.19 bits per heavy atom. The van der Waals surface area contributed by atoms with Crippen LogP contribution >= 0.6 is 0 Å². The number of pyridine rings is 1. The zero-order valence-corrected chi connectivity index (χ0v) is 18.1. The molecule has 0 unspecified atom stereocenters. The average molecular weight is 431 g/mol. The molecule has 1 aliphatic heterocycles. The number of methoxy groups -OCH3 is 1. The van der Waals surface area contributed by atoms with Crippen molar-refractivity contribution >= 4 is 11.6 Å². The largest absolute Gasteiger partial charge is 0.489 e. The number of aryl methyl sites for hydroxylation is 1. The lowest BCUT2D eigenvalue weighted by Crippen LogP contribution is -2.39. The van der Waals surface area contributed by atoms with Gasteiger partial charge < -0.3 is 25.5 Å². The number of benzene rings is 1. The van der Waals surface area contributed by atoms with Crippen molar-refractivity contribution in [3.8, 4) is 28.3 Å². The number of carbonyl (C=O) groups is 1. The smallest absolute Gasteiger partial charge is 0.253 e. The minimum atomic E-state index is 0.0598. The van der Waals surface area contributed by atoms with E-state index in [2.05, 4.69) is 16.4 Å². The molecule has 32 heavy (non-hydrogen) atoms. The molecule has 164 valence electrons. The third-order valence-corrected chi connectivity index (χ3v) is 7.05.